The second kappa shape index (κ2) is 5.30. The van der Waals surface area contributed by atoms with Crippen LogP contribution in [-0.4, -0.2) is 38.3 Å². The van der Waals surface area contributed by atoms with Gasteiger partial charge in [0.05, 0.1) is 5.60 Å². The van der Waals surface area contributed by atoms with Gasteiger partial charge in [0.25, 0.3) is 5.78 Å². The van der Waals surface area contributed by atoms with Crippen LogP contribution in [0.2, 0.25) is 5.15 Å². The highest BCUT2D eigenvalue weighted by Crippen LogP contribution is 2.23. The first-order valence-electron chi connectivity index (χ1n) is 6.18. The van der Waals surface area contributed by atoms with Gasteiger partial charge in [0.2, 0.25) is 0 Å². The third-order valence-electron chi connectivity index (χ3n) is 2.82. The van der Waals surface area contributed by atoms with Crippen LogP contribution in [0, 0.1) is 6.92 Å². The van der Waals surface area contributed by atoms with E-state index in [4.69, 9.17) is 16.3 Å². The number of hydrogen-bond donors (Lipinski definition) is 1. The van der Waals surface area contributed by atoms with E-state index >= 15 is 0 Å². The fourth-order valence-corrected chi connectivity index (χ4v) is 2.01. The van der Waals surface area contributed by atoms with E-state index in [2.05, 4.69) is 20.4 Å². The predicted octanol–water partition coefficient (Wildman–Crippen LogP) is 2.31. The molecule has 2 aromatic rings. The smallest absolute Gasteiger partial charge is 0.255 e. The summed E-state index contributed by atoms with van der Waals surface area (Å²) in [6, 6.07) is 0. The normalized spacial score (nSPS) is 12.1. The molecule has 0 spiro atoms. The van der Waals surface area contributed by atoms with Gasteiger partial charge >= 0.3 is 0 Å². The van der Waals surface area contributed by atoms with Crippen LogP contribution in [-0.2, 0) is 4.74 Å². The predicted molar refractivity (Wildman–Crippen MR) is 74.7 cm³/mol. The molecule has 0 aromatic carbocycles. The van der Waals surface area contributed by atoms with Crippen molar-refractivity contribution in [2.75, 3.05) is 18.5 Å². The fourth-order valence-electron chi connectivity index (χ4n) is 1.84. The van der Waals surface area contributed by atoms with E-state index in [-0.39, 0.29) is 5.60 Å². The second-order valence-corrected chi connectivity index (χ2v) is 5.25. The number of fused-ring (bicyclic) bond motifs is 1. The molecule has 7 heteroatoms. The maximum Gasteiger partial charge on any atom is 0.255 e. The lowest BCUT2D eigenvalue weighted by Crippen LogP contribution is -2.34. The van der Waals surface area contributed by atoms with Gasteiger partial charge in [-0.1, -0.05) is 11.6 Å². The molecule has 0 bridgehead atoms. The minimum absolute atomic E-state index is 0.274. The topological polar surface area (TPSA) is 64.3 Å². The molecule has 0 aliphatic heterocycles. The molecule has 0 amide bonds. The van der Waals surface area contributed by atoms with Crippen molar-refractivity contribution in [3.63, 3.8) is 0 Å². The molecule has 0 fully saturated rings. The molecule has 0 aliphatic carbocycles. The lowest BCUT2D eigenvalue weighted by atomic mass is 10.1. The van der Waals surface area contributed by atoms with Gasteiger partial charge in [-0.05, 0) is 27.7 Å². The molecule has 0 atom stereocenters. The summed E-state index contributed by atoms with van der Waals surface area (Å²) in [4.78, 5) is 8.21. The number of nitrogens with one attached hydrogen (secondary N) is 1. The zero-order valence-corrected chi connectivity index (χ0v) is 12.3. The largest absolute Gasteiger partial charge is 0.374 e. The van der Waals surface area contributed by atoms with Gasteiger partial charge < -0.3 is 10.1 Å². The first-order chi connectivity index (χ1) is 8.94. The highest BCUT2D eigenvalue weighted by molar-refractivity contribution is 6.30. The highest BCUT2D eigenvalue weighted by atomic mass is 35.5. The Morgan fingerprint density at radius 3 is 2.89 bits per heavy atom. The molecular formula is C12H18ClN5O. The minimum atomic E-state index is -0.274. The number of aromatic nitrogens is 4. The summed E-state index contributed by atoms with van der Waals surface area (Å²) >= 11 is 6.10. The van der Waals surface area contributed by atoms with Gasteiger partial charge in [-0.2, -0.15) is 19.6 Å². The summed E-state index contributed by atoms with van der Waals surface area (Å²) in [7, 11) is 0. The number of rotatable bonds is 5. The van der Waals surface area contributed by atoms with Crippen LogP contribution in [0.15, 0.2) is 6.33 Å². The van der Waals surface area contributed by atoms with E-state index in [0.717, 1.165) is 11.4 Å². The summed E-state index contributed by atoms with van der Waals surface area (Å²) in [5, 5.41) is 7.90. The number of anilines is 1. The molecule has 2 rings (SSSR count). The van der Waals surface area contributed by atoms with Gasteiger partial charge in [0.1, 0.15) is 17.3 Å². The van der Waals surface area contributed by atoms with E-state index in [9.17, 15) is 0 Å². The molecule has 0 unspecified atom stereocenters. The Balaban J connectivity index is 2.29. The van der Waals surface area contributed by atoms with Crippen LogP contribution in [0.4, 0.5) is 5.82 Å². The van der Waals surface area contributed by atoms with Gasteiger partial charge in [-0.3, -0.25) is 0 Å². The molecule has 1 N–H and O–H groups in total. The third kappa shape index (κ3) is 2.96. The first kappa shape index (κ1) is 14.0. The number of hydrogen-bond acceptors (Lipinski definition) is 5. The van der Waals surface area contributed by atoms with Crippen molar-refractivity contribution in [3.8, 4) is 0 Å². The molecule has 19 heavy (non-hydrogen) atoms. The van der Waals surface area contributed by atoms with Crippen LogP contribution in [0.5, 0.6) is 0 Å². The number of halogens is 1. The van der Waals surface area contributed by atoms with Crippen molar-refractivity contribution in [1.82, 2.24) is 19.6 Å². The zero-order valence-electron chi connectivity index (χ0n) is 11.6. The summed E-state index contributed by atoms with van der Waals surface area (Å²) < 4.78 is 7.30. The third-order valence-corrected chi connectivity index (χ3v) is 3.19. The second-order valence-electron chi connectivity index (χ2n) is 4.89. The minimum Gasteiger partial charge on any atom is -0.374 e. The number of nitrogens with zero attached hydrogens (tertiary/aromatic N) is 4. The standard InChI is InChI=1S/C12H18ClN5O/c1-5-19-12(3,4)6-14-10-8(2)9(13)17-11-15-7-16-18(10)11/h7,14H,5-6H2,1-4H3. The Hall–Kier alpha value is -1.40. The quantitative estimate of drug-likeness (QED) is 0.853. The van der Waals surface area contributed by atoms with Gasteiger partial charge in [-0.15, -0.1) is 0 Å². The molecule has 2 heterocycles. The first-order valence-corrected chi connectivity index (χ1v) is 6.56. The summed E-state index contributed by atoms with van der Waals surface area (Å²) in [5.41, 5.74) is 0.566. The van der Waals surface area contributed by atoms with Crippen LogP contribution in [0.1, 0.15) is 26.3 Å². The van der Waals surface area contributed by atoms with Gasteiger partial charge in [-0.25, -0.2) is 0 Å². The summed E-state index contributed by atoms with van der Waals surface area (Å²) in [6.07, 6.45) is 1.46. The molecule has 104 valence electrons. The molecule has 0 saturated carbocycles. The van der Waals surface area contributed by atoms with Crippen molar-refractivity contribution in [3.05, 3.63) is 17.0 Å². The summed E-state index contributed by atoms with van der Waals surface area (Å²) in [5.74, 6) is 1.27. The van der Waals surface area contributed by atoms with E-state index in [1.165, 1.54) is 6.33 Å². The fraction of sp³-hybridized carbons (Fsp3) is 0.583. The Labute approximate surface area is 117 Å². The Kier molecular flexibility index (Phi) is 3.91. The maximum atomic E-state index is 6.10. The van der Waals surface area contributed by atoms with Crippen LogP contribution < -0.4 is 5.32 Å². The molecule has 2 aromatic heterocycles. The zero-order chi connectivity index (χ0) is 14.0. The molecule has 0 aliphatic rings. The van der Waals surface area contributed by atoms with Crippen molar-refractivity contribution >= 4 is 23.2 Å². The van der Waals surface area contributed by atoms with Crippen molar-refractivity contribution in [2.45, 2.75) is 33.3 Å². The van der Waals surface area contributed by atoms with E-state index < -0.39 is 0 Å². The van der Waals surface area contributed by atoms with Gasteiger partial charge in [0.15, 0.2) is 0 Å². The molecule has 6 nitrogen and oxygen atoms in total. The van der Waals surface area contributed by atoms with Crippen molar-refractivity contribution in [1.29, 1.82) is 0 Å². The monoisotopic (exact) mass is 283 g/mol. The highest BCUT2D eigenvalue weighted by Gasteiger charge is 2.19. The Morgan fingerprint density at radius 1 is 1.47 bits per heavy atom. The molecular weight excluding hydrogens is 266 g/mol. The van der Waals surface area contributed by atoms with E-state index in [1.807, 2.05) is 27.7 Å². The Morgan fingerprint density at radius 2 is 2.21 bits per heavy atom. The average Bonchev–Trinajstić information content (AvgIpc) is 2.77. The van der Waals surface area contributed by atoms with Crippen LogP contribution in [0.25, 0.3) is 5.78 Å². The Bertz CT molecular complexity index is 581. The number of ether oxygens (including phenoxy) is 1. The van der Waals surface area contributed by atoms with Crippen LogP contribution in [0.3, 0.4) is 0 Å². The molecule has 0 radical (unpaired) electrons. The van der Waals surface area contributed by atoms with Crippen LogP contribution >= 0.6 is 11.6 Å². The van der Waals surface area contributed by atoms with E-state index in [1.54, 1.807) is 4.52 Å². The summed E-state index contributed by atoms with van der Waals surface area (Å²) in [6.45, 7) is 9.24. The SMILES string of the molecule is CCOC(C)(C)CNc1c(C)c(Cl)nc2ncnn12. The van der Waals surface area contributed by atoms with Crippen molar-refractivity contribution < 1.29 is 4.74 Å². The van der Waals surface area contributed by atoms with Gasteiger partial charge in [0, 0.05) is 18.7 Å². The maximum absolute atomic E-state index is 6.10. The average molecular weight is 284 g/mol. The lowest BCUT2D eigenvalue weighted by molar-refractivity contribution is 0.000610. The molecule has 0 saturated heterocycles. The van der Waals surface area contributed by atoms with Crippen molar-refractivity contribution in [2.24, 2.45) is 0 Å². The lowest BCUT2D eigenvalue weighted by Gasteiger charge is -2.26. The van der Waals surface area contributed by atoms with E-state index in [0.29, 0.717) is 24.1 Å².